The van der Waals surface area contributed by atoms with Gasteiger partial charge in [-0.3, -0.25) is 4.79 Å². The van der Waals surface area contributed by atoms with Gasteiger partial charge in [-0.1, -0.05) is 92.7 Å². The van der Waals surface area contributed by atoms with Crippen LogP contribution in [0.3, 0.4) is 0 Å². The second-order valence-corrected chi connectivity index (χ2v) is 11.3. The van der Waals surface area contributed by atoms with Crippen LogP contribution in [0.5, 0.6) is 0 Å². The van der Waals surface area contributed by atoms with Crippen LogP contribution in [0.1, 0.15) is 54.1 Å². The van der Waals surface area contributed by atoms with Crippen LogP contribution in [0.15, 0.2) is 91.0 Å². The van der Waals surface area contributed by atoms with E-state index in [1.165, 1.54) is 11.1 Å². The standard InChI is InChI=1S/C36H47N7O3/c1-28(2)18-20-38-34-41-35(39-21-19-32(29-12-6-3-7-13-29)30-14-8-4-9-15-30)43-36(42-34)40-23-25-46-27-26-45-24-22-37-33(44)31-16-10-5-11-17-31/h3-17,28,32H,18-27H2,1-2H3,(H,37,44)(H3,38,39,40,41,42,43). The second kappa shape index (κ2) is 19.8. The summed E-state index contributed by atoms with van der Waals surface area (Å²) in [5.41, 5.74) is 3.20. The third-order valence-corrected chi connectivity index (χ3v) is 7.23. The highest BCUT2D eigenvalue weighted by molar-refractivity contribution is 5.94. The molecule has 10 nitrogen and oxygen atoms in total. The zero-order valence-electron chi connectivity index (χ0n) is 27.0. The maximum atomic E-state index is 12.1. The van der Waals surface area contributed by atoms with Gasteiger partial charge in [-0.25, -0.2) is 0 Å². The van der Waals surface area contributed by atoms with E-state index in [9.17, 15) is 4.79 Å². The number of ether oxygens (including phenoxy) is 2. The molecule has 0 radical (unpaired) electrons. The lowest BCUT2D eigenvalue weighted by Crippen LogP contribution is -2.27. The van der Waals surface area contributed by atoms with E-state index in [2.05, 4.69) is 98.6 Å². The van der Waals surface area contributed by atoms with Crippen molar-refractivity contribution in [1.82, 2.24) is 20.3 Å². The molecule has 4 rings (SSSR count). The predicted octanol–water partition coefficient (Wildman–Crippen LogP) is 5.84. The summed E-state index contributed by atoms with van der Waals surface area (Å²) in [7, 11) is 0. The molecule has 0 bridgehead atoms. The van der Waals surface area contributed by atoms with Crippen molar-refractivity contribution in [2.24, 2.45) is 5.92 Å². The molecule has 4 N–H and O–H groups in total. The zero-order chi connectivity index (χ0) is 32.2. The van der Waals surface area contributed by atoms with Crippen LogP contribution < -0.4 is 21.3 Å². The molecule has 46 heavy (non-hydrogen) atoms. The quantitative estimate of drug-likeness (QED) is 0.0846. The summed E-state index contributed by atoms with van der Waals surface area (Å²) in [5.74, 6) is 2.28. The highest BCUT2D eigenvalue weighted by Crippen LogP contribution is 2.27. The number of benzene rings is 3. The first kappa shape index (κ1) is 34.3. The molecule has 10 heteroatoms. The highest BCUT2D eigenvalue weighted by Gasteiger charge is 2.14. The fourth-order valence-corrected chi connectivity index (χ4v) is 4.80. The number of aromatic nitrogens is 3. The summed E-state index contributed by atoms with van der Waals surface area (Å²) in [5, 5.41) is 12.9. The van der Waals surface area contributed by atoms with Crippen LogP contribution in [-0.2, 0) is 9.47 Å². The Labute approximate surface area is 272 Å². The Hall–Kier alpha value is -4.54. The van der Waals surface area contributed by atoms with Crippen molar-refractivity contribution in [3.63, 3.8) is 0 Å². The summed E-state index contributed by atoms with van der Waals surface area (Å²) < 4.78 is 11.3. The topological polar surface area (TPSA) is 122 Å². The number of rotatable bonds is 21. The maximum Gasteiger partial charge on any atom is 0.251 e. The van der Waals surface area contributed by atoms with Crippen molar-refractivity contribution in [3.8, 4) is 0 Å². The average Bonchev–Trinajstić information content (AvgIpc) is 3.08. The fourth-order valence-electron chi connectivity index (χ4n) is 4.80. The van der Waals surface area contributed by atoms with Gasteiger partial charge in [-0.05, 0) is 42.0 Å². The summed E-state index contributed by atoms with van der Waals surface area (Å²) in [6.07, 6.45) is 1.90. The van der Waals surface area contributed by atoms with Gasteiger partial charge in [-0.15, -0.1) is 0 Å². The van der Waals surface area contributed by atoms with Crippen LogP contribution in [-0.4, -0.2) is 73.5 Å². The van der Waals surface area contributed by atoms with Crippen LogP contribution >= 0.6 is 0 Å². The molecule has 0 aliphatic rings. The SMILES string of the molecule is CC(C)CCNc1nc(NCCOCCOCCNC(=O)c2ccccc2)nc(NCCC(c2ccccc2)c2ccccc2)n1. The van der Waals surface area contributed by atoms with E-state index in [0.717, 1.165) is 19.4 Å². The fraction of sp³-hybridized carbons (Fsp3) is 0.389. The van der Waals surface area contributed by atoms with E-state index in [1.54, 1.807) is 12.1 Å². The van der Waals surface area contributed by atoms with Crippen molar-refractivity contribution in [2.45, 2.75) is 32.6 Å². The number of nitrogens with one attached hydrogen (secondary N) is 4. The third-order valence-electron chi connectivity index (χ3n) is 7.23. The molecule has 244 valence electrons. The van der Waals surface area contributed by atoms with Gasteiger partial charge in [0.15, 0.2) is 0 Å². The van der Waals surface area contributed by atoms with E-state index in [1.807, 2.05) is 30.3 Å². The van der Waals surface area contributed by atoms with E-state index >= 15 is 0 Å². The lowest BCUT2D eigenvalue weighted by atomic mass is 9.88. The predicted molar refractivity (Wildman–Crippen MR) is 185 cm³/mol. The Morgan fingerprint density at radius 3 is 1.57 bits per heavy atom. The van der Waals surface area contributed by atoms with Gasteiger partial charge >= 0.3 is 0 Å². The van der Waals surface area contributed by atoms with Gasteiger partial charge in [-0.2, -0.15) is 15.0 Å². The largest absolute Gasteiger partial charge is 0.377 e. The molecule has 0 saturated carbocycles. The van der Waals surface area contributed by atoms with E-state index in [-0.39, 0.29) is 11.8 Å². The Bertz CT molecular complexity index is 1370. The van der Waals surface area contributed by atoms with Crippen LogP contribution in [0.4, 0.5) is 17.8 Å². The van der Waals surface area contributed by atoms with Gasteiger partial charge in [0, 0.05) is 37.7 Å². The first-order chi connectivity index (χ1) is 22.6. The Kier molecular flexibility index (Phi) is 14.8. The molecule has 0 spiro atoms. The number of carbonyl (C=O) groups excluding carboxylic acids is 1. The average molecular weight is 626 g/mol. The number of amides is 1. The summed E-state index contributed by atoms with van der Waals surface area (Å²) in [6.45, 7) is 8.62. The highest BCUT2D eigenvalue weighted by atomic mass is 16.5. The molecule has 1 aromatic heterocycles. The van der Waals surface area contributed by atoms with Gasteiger partial charge in [0.2, 0.25) is 17.8 Å². The summed E-state index contributed by atoms with van der Waals surface area (Å²) in [6, 6.07) is 30.3. The smallest absolute Gasteiger partial charge is 0.251 e. The van der Waals surface area contributed by atoms with E-state index < -0.39 is 0 Å². The van der Waals surface area contributed by atoms with Gasteiger partial charge < -0.3 is 30.7 Å². The molecule has 0 aliphatic heterocycles. The van der Waals surface area contributed by atoms with Crippen molar-refractivity contribution in [2.75, 3.05) is 68.6 Å². The number of nitrogens with zero attached hydrogens (tertiary/aromatic N) is 3. The molecule has 0 unspecified atom stereocenters. The Morgan fingerprint density at radius 2 is 1.04 bits per heavy atom. The normalized spacial score (nSPS) is 11.0. The molecule has 3 aromatic carbocycles. The van der Waals surface area contributed by atoms with Crippen molar-refractivity contribution < 1.29 is 14.3 Å². The molecule has 0 aliphatic carbocycles. The maximum absolute atomic E-state index is 12.1. The molecule has 1 heterocycles. The number of hydrogen-bond acceptors (Lipinski definition) is 9. The molecule has 0 saturated heterocycles. The van der Waals surface area contributed by atoms with Gasteiger partial charge in [0.1, 0.15) is 0 Å². The first-order valence-corrected chi connectivity index (χ1v) is 16.1. The Balaban J connectivity index is 1.21. The van der Waals surface area contributed by atoms with Gasteiger partial charge in [0.25, 0.3) is 5.91 Å². The molecule has 0 atom stereocenters. The monoisotopic (exact) mass is 625 g/mol. The van der Waals surface area contributed by atoms with Crippen molar-refractivity contribution in [1.29, 1.82) is 0 Å². The number of hydrogen-bond donors (Lipinski definition) is 4. The molecular formula is C36H47N7O3. The lowest BCUT2D eigenvalue weighted by molar-refractivity contribution is 0.0519. The summed E-state index contributed by atoms with van der Waals surface area (Å²) >= 11 is 0. The minimum atomic E-state index is -0.106. The lowest BCUT2D eigenvalue weighted by Gasteiger charge is -2.19. The molecular weight excluding hydrogens is 578 g/mol. The molecule has 1 amide bonds. The Morgan fingerprint density at radius 1 is 0.587 bits per heavy atom. The van der Waals surface area contributed by atoms with Crippen molar-refractivity contribution >= 4 is 23.8 Å². The first-order valence-electron chi connectivity index (χ1n) is 16.1. The minimum absolute atomic E-state index is 0.106. The van der Waals surface area contributed by atoms with E-state index in [0.29, 0.717) is 75.4 Å². The van der Waals surface area contributed by atoms with Crippen molar-refractivity contribution in [3.05, 3.63) is 108 Å². The molecule has 4 aromatic rings. The zero-order valence-corrected chi connectivity index (χ0v) is 27.0. The second-order valence-electron chi connectivity index (χ2n) is 11.3. The third kappa shape index (κ3) is 12.5. The minimum Gasteiger partial charge on any atom is -0.377 e. The van der Waals surface area contributed by atoms with Crippen LogP contribution in [0.25, 0.3) is 0 Å². The number of anilines is 3. The van der Waals surface area contributed by atoms with Crippen LogP contribution in [0.2, 0.25) is 0 Å². The summed E-state index contributed by atoms with van der Waals surface area (Å²) in [4.78, 5) is 25.9. The number of carbonyl (C=O) groups is 1. The van der Waals surface area contributed by atoms with Crippen LogP contribution in [0, 0.1) is 5.92 Å². The van der Waals surface area contributed by atoms with Gasteiger partial charge in [0.05, 0.1) is 26.4 Å². The van der Waals surface area contributed by atoms with E-state index in [4.69, 9.17) is 9.47 Å². The molecule has 0 fully saturated rings.